The second-order valence-corrected chi connectivity index (χ2v) is 0.854. The molecule has 0 aliphatic heterocycles. The van der Waals surface area contributed by atoms with Gasteiger partial charge in [0.05, 0.1) is 0 Å². The number of rotatable bonds is 1. The molecule has 0 saturated heterocycles. The number of hydrogen-bond donors (Lipinski definition) is 0. The van der Waals surface area contributed by atoms with Crippen LogP contribution in [0.15, 0.2) is 0 Å². The van der Waals surface area contributed by atoms with Crippen LogP contribution >= 0.6 is 0 Å². The third-order valence-electron chi connectivity index (χ3n) is 0.354. The molecule has 0 aromatic carbocycles. The molecule has 0 heterocycles. The van der Waals surface area contributed by atoms with Crippen molar-refractivity contribution in [3.8, 4) is 0 Å². The van der Waals surface area contributed by atoms with Gasteiger partial charge in [-0.1, -0.05) is 26.7 Å². The van der Waals surface area contributed by atoms with Gasteiger partial charge in [0.15, 0.2) is 0 Å². The Bertz CT molecular complexity index is 7.51. The molecule has 0 bridgehead atoms. The molecule has 0 nitrogen and oxygen atoms in total. The molecule has 6 heavy (non-hydrogen) atoms. The molecule has 0 fully saturated rings. The van der Waals surface area contributed by atoms with Crippen molar-refractivity contribution in [1.82, 2.24) is 0 Å². The minimum absolute atomic E-state index is 0. The third kappa shape index (κ3) is 17.5. The second kappa shape index (κ2) is 16.0. The van der Waals surface area contributed by atoms with Crippen molar-refractivity contribution in [2.45, 2.75) is 19.8 Å². The first-order valence-electron chi connectivity index (χ1n) is 1.71. The first-order chi connectivity index (χ1) is 1.91. The average molecular weight is 299 g/mol. The molecular formula is C4H13Sn2. The molecule has 0 amide bonds. The van der Waals surface area contributed by atoms with Crippen LogP contribution in [0.1, 0.15) is 19.8 Å². The fraction of sp³-hybridized carbons (Fsp3) is 0.750. The Balaban J connectivity index is -0.0000000450. The van der Waals surface area contributed by atoms with E-state index in [9.17, 15) is 0 Å². The van der Waals surface area contributed by atoms with Gasteiger partial charge in [-0.15, -0.1) is 0 Å². The molecule has 0 atom stereocenters. The van der Waals surface area contributed by atoms with E-state index < -0.39 is 0 Å². The normalized spacial score (nSPS) is 5.00. The Kier molecular flexibility index (Phi) is 41.6. The first kappa shape index (κ1) is 15.6. The van der Waals surface area contributed by atoms with Crippen molar-refractivity contribution in [2.24, 2.45) is 0 Å². The van der Waals surface area contributed by atoms with Crippen molar-refractivity contribution in [3.63, 3.8) is 0 Å². The molecule has 0 aliphatic rings. The van der Waals surface area contributed by atoms with Crippen LogP contribution in [0.25, 0.3) is 0 Å². The summed E-state index contributed by atoms with van der Waals surface area (Å²) in [7, 11) is 0. The van der Waals surface area contributed by atoms with E-state index in [1.165, 1.54) is 6.42 Å². The third-order valence-corrected chi connectivity index (χ3v) is 0.354. The molecular weight excluding hydrogens is 285 g/mol. The van der Waals surface area contributed by atoms with E-state index in [-0.39, 0.29) is 47.8 Å². The van der Waals surface area contributed by atoms with Gasteiger partial charge in [0.25, 0.3) is 0 Å². The summed E-state index contributed by atoms with van der Waals surface area (Å²) in [6, 6.07) is 0. The van der Waals surface area contributed by atoms with E-state index in [4.69, 9.17) is 0 Å². The van der Waals surface area contributed by atoms with Crippen LogP contribution in [0.3, 0.4) is 0 Å². The van der Waals surface area contributed by atoms with E-state index in [1.54, 1.807) is 0 Å². The monoisotopic (exact) mass is 301 g/mol. The Morgan fingerprint density at radius 1 is 1.33 bits per heavy atom. The Morgan fingerprint density at radius 3 is 1.50 bits per heavy atom. The molecule has 0 unspecified atom stereocenters. The Morgan fingerprint density at radius 2 is 1.50 bits per heavy atom. The molecule has 0 spiro atoms. The van der Waals surface area contributed by atoms with E-state index in [0.29, 0.717) is 0 Å². The summed E-state index contributed by atoms with van der Waals surface area (Å²) in [5.74, 6) is 0. The van der Waals surface area contributed by atoms with Crippen molar-refractivity contribution < 1.29 is 0 Å². The SMILES string of the molecule is [CH2]CCC.[SnH2].[SnH2]. The number of hydrogen-bond acceptors (Lipinski definition) is 0. The summed E-state index contributed by atoms with van der Waals surface area (Å²) in [4.78, 5) is 0. The van der Waals surface area contributed by atoms with Crippen LogP contribution in [-0.2, 0) is 0 Å². The molecule has 37 valence electrons. The topological polar surface area (TPSA) is 0 Å². The van der Waals surface area contributed by atoms with Crippen molar-refractivity contribution in [2.75, 3.05) is 0 Å². The van der Waals surface area contributed by atoms with Crippen LogP contribution in [-0.4, -0.2) is 47.8 Å². The van der Waals surface area contributed by atoms with Crippen LogP contribution < -0.4 is 0 Å². The van der Waals surface area contributed by atoms with Crippen LogP contribution in [0.5, 0.6) is 0 Å². The molecule has 0 N–H and O–H groups in total. The van der Waals surface area contributed by atoms with Gasteiger partial charge in [-0.25, -0.2) is 0 Å². The van der Waals surface area contributed by atoms with Gasteiger partial charge in [0, 0.05) is 0 Å². The van der Waals surface area contributed by atoms with E-state index in [0.717, 1.165) is 6.42 Å². The van der Waals surface area contributed by atoms with Gasteiger partial charge < -0.3 is 0 Å². The Labute approximate surface area is 74.0 Å². The van der Waals surface area contributed by atoms with Crippen molar-refractivity contribution in [3.05, 3.63) is 6.92 Å². The van der Waals surface area contributed by atoms with E-state index in [2.05, 4.69) is 13.8 Å². The average Bonchev–Trinajstić information content (AvgIpc) is 1.37. The Hall–Kier alpha value is 1.60. The molecule has 2 heteroatoms. The van der Waals surface area contributed by atoms with Crippen LogP contribution in [0.4, 0.5) is 0 Å². The zero-order valence-electron chi connectivity index (χ0n) is 4.54. The first-order valence-corrected chi connectivity index (χ1v) is 1.71. The van der Waals surface area contributed by atoms with Gasteiger partial charge >= 0.3 is 47.8 Å². The maximum absolute atomic E-state index is 3.60. The summed E-state index contributed by atoms with van der Waals surface area (Å²) in [5.41, 5.74) is 0. The summed E-state index contributed by atoms with van der Waals surface area (Å²) < 4.78 is 0. The predicted octanol–water partition coefficient (Wildman–Crippen LogP) is -0.212. The molecule has 0 saturated carbocycles. The summed E-state index contributed by atoms with van der Waals surface area (Å²) in [6.07, 6.45) is 2.28. The van der Waals surface area contributed by atoms with Crippen molar-refractivity contribution in [1.29, 1.82) is 0 Å². The molecule has 0 aliphatic carbocycles. The van der Waals surface area contributed by atoms with Gasteiger partial charge in [-0.3, -0.25) is 0 Å². The summed E-state index contributed by atoms with van der Waals surface area (Å²) in [6.45, 7) is 5.72. The minimum atomic E-state index is 0. The fourth-order valence-electron chi connectivity index (χ4n) is 0. The van der Waals surface area contributed by atoms with E-state index in [1.807, 2.05) is 0 Å². The van der Waals surface area contributed by atoms with Gasteiger partial charge in [0.1, 0.15) is 0 Å². The van der Waals surface area contributed by atoms with Crippen LogP contribution in [0, 0.1) is 6.92 Å². The summed E-state index contributed by atoms with van der Waals surface area (Å²) >= 11 is 0. The van der Waals surface area contributed by atoms with Crippen molar-refractivity contribution >= 4 is 47.8 Å². The zero-order valence-corrected chi connectivity index (χ0v) is 12.6. The van der Waals surface area contributed by atoms with E-state index >= 15 is 0 Å². The zero-order chi connectivity index (χ0) is 3.41. The predicted molar refractivity (Wildman–Crippen MR) is 37.4 cm³/mol. The van der Waals surface area contributed by atoms with Gasteiger partial charge in [0.2, 0.25) is 0 Å². The quantitative estimate of drug-likeness (QED) is 0.588. The van der Waals surface area contributed by atoms with Gasteiger partial charge in [-0.2, -0.15) is 0 Å². The molecule has 0 rings (SSSR count). The molecule has 0 aromatic rings. The molecule has 0 aromatic heterocycles. The van der Waals surface area contributed by atoms with Gasteiger partial charge in [-0.05, 0) is 0 Å². The maximum atomic E-state index is 3.60. The second-order valence-electron chi connectivity index (χ2n) is 0.854. The van der Waals surface area contributed by atoms with Crippen LogP contribution in [0.2, 0.25) is 0 Å². The fourth-order valence-corrected chi connectivity index (χ4v) is 0. The standard InChI is InChI=1S/C4H9.2Sn.4H/c1-3-4-2;;;;;;/h1,3-4H2,2H3;;;;;;. The number of unbranched alkanes of at least 4 members (excludes halogenated alkanes) is 1. The molecule has 5 radical (unpaired) electrons. The summed E-state index contributed by atoms with van der Waals surface area (Å²) in [5, 5.41) is 0.